The van der Waals surface area contributed by atoms with Gasteiger partial charge in [0.25, 0.3) is 5.91 Å². The minimum absolute atomic E-state index is 0.0262. The molecule has 0 N–H and O–H groups in total. The summed E-state index contributed by atoms with van der Waals surface area (Å²) in [6, 6.07) is 1.49. The van der Waals surface area contributed by atoms with Crippen LogP contribution in [0.2, 0.25) is 0 Å². The molecule has 1 aliphatic rings. The molecule has 0 aliphatic carbocycles. The number of carbonyl (C=O) groups excluding carboxylic acids is 1. The molecule has 118 valence electrons. The van der Waals surface area contributed by atoms with E-state index >= 15 is 0 Å². The molecule has 1 aliphatic heterocycles. The summed E-state index contributed by atoms with van der Waals surface area (Å²) in [6.07, 6.45) is 5.05. The third kappa shape index (κ3) is 3.78. The van der Waals surface area contributed by atoms with Crippen molar-refractivity contribution in [2.75, 3.05) is 27.2 Å². The average Bonchev–Trinajstić information content (AvgIpc) is 2.94. The molecular formula is C14H22F2N4O. The predicted molar refractivity (Wildman–Crippen MR) is 75.3 cm³/mol. The Labute approximate surface area is 123 Å². The van der Waals surface area contributed by atoms with Gasteiger partial charge in [0.15, 0.2) is 0 Å². The molecule has 0 aromatic carbocycles. The minimum Gasteiger partial charge on any atom is -0.334 e. The maximum absolute atomic E-state index is 12.9. The van der Waals surface area contributed by atoms with Crippen LogP contribution in [0.25, 0.3) is 0 Å². The van der Waals surface area contributed by atoms with E-state index in [0.29, 0.717) is 11.2 Å². The van der Waals surface area contributed by atoms with Crippen molar-refractivity contribution in [1.82, 2.24) is 19.6 Å². The lowest BCUT2D eigenvalue weighted by Crippen LogP contribution is -2.45. The van der Waals surface area contributed by atoms with Crippen molar-refractivity contribution < 1.29 is 13.6 Å². The van der Waals surface area contributed by atoms with E-state index in [4.69, 9.17) is 0 Å². The number of halogens is 2. The van der Waals surface area contributed by atoms with Gasteiger partial charge in [-0.2, -0.15) is 18.6 Å². The van der Waals surface area contributed by atoms with E-state index in [2.05, 4.69) is 10.00 Å². The molecule has 1 unspecified atom stereocenters. The summed E-state index contributed by atoms with van der Waals surface area (Å²) < 4.78 is 26.2. The Bertz CT molecular complexity index is 475. The van der Waals surface area contributed by atoms with Crippen LogP contribution in [0.5, 0.6) is 0 Å². The van der Waals surface area contributed by atoms with Gasteiger partial charge in [0.1, 0.15) is 5.69 Å². The summed E-state index contributed by atoms with van der Waals surface area (Å²) in [7, 11) is 3.97. The van der Waals surface area contributed by atoms with Crippen LogP contribution in [-0.4, -0.2) is 58.7 Å². The van der Waals surface area contributed by atoms with Crippen molar-refractivity contribution in [3.8, 4) is 0 Å². The van der Waals surface area contributed by atoms with E-state index in [9.17, 15) is 13.6 Å². The van der Waals surface area contributed by atoms with Gasteiger partial charge in [-0.05, 0) is 52.4 Å². The van der Waals surface area contributed by atoms with Gasteiger partial charge in [0.05, 0.1) is 0 Å². The fraction of sp³-hybridized carbons (Fsp3) is 0.714. The molecule has 0 bridgehead atoms. The first-order chi connectivity index (χ1) is 10.0. The molecule has 1 aromatic rings. The average molecular weight is 300 g/mol. The van der Waals surface area contributed by atoms with Crippen LogP contribution in [0.3, 0.4) is 0 Å². The van der Waals surface area contributed by atoms with Gasteiger partial charge < -0.3 is 9.80 Å². The van der Waals surface area contributed by atoms with Crippen LogP contribution < -0.4 is 0 Å². The number of likely N-dealkylation sites (tertiary alicyclic amines) is 1. The summed E-state index contributed by atoms with van der Waals surface area (Å²) in [5.41, 5.74) is -0.0262. The Morgan fingerprint density at radius 3 is 2.90 bits per heavy atom. The van der Waals surface area contributed by atoms with Crippen molar-refractivity contribution in [1.29, 1.82) is 0 Å². The molecule has 1 amide bonds. The number of nitrogens with zero attached hydrogens (tertiary/aromatic N) is 4. The highest BCUT2D eigenvalue weighted by atomic mass is 19.3. The molecule has 0 saturated carbocycles. The molecule has 7 heteroatoms. The highest BCUT2D eigenvalue weighted by Crippen LogP contribution is 2.23. The van der Waals surface area contributed by atoms with Gasteiger partial charge >= 0.3 is 6.55 Å². The third-order valence-electron chi connectivity index (χ3n) is 3.87. The molecule has 1 aromatic heterocycles. The number of carbonyl (C=O) groups is 1. The molecule has 5 nitrogen and oxygen atoms in total. The van der Waals surface area contributed by atoms with Crippen LogP contribution in [-0.2, 0) is 0 Å². The number of aromatic nitrogens is 2. The molecule has 0 spiro atoms. The number of piperidine rings is 1. The maximum Gasteiger partial charge on any atom is 0.333 e. The molecular weight excluding hydrogens is 278 g/mol. The predicted octanol–water partition coefficient (Wildman–Crippen LogP) is 2.22. The second kappa shape index (κ2) is 6.98. The van der Waals surface area contributed by atoms with E-state index in [1.807, 2.05) is 14.1 Å². The lowest BCUT2D eigenvalue weighted by Gasteiger charge is -2.36. The van der Waals surface area contributed by atoms with Crippen LogP contribution >= 0.6 is 0 Å². The van der Waals surface area contributed by atoms with Gasteiger partial charge in [-0.25, -0.2) is 0 Å². The van der Waals surface area contributed by atoms with Gasteiger partial charge in [-0.1, -0.05) is 0 Å². The molecule has 21 heavy (non-hydrogen) atoms. The summed E-state index contributed by atoms with van der Waals surface area (Å²) in [4.78, 5) is 16.4. The largest absolute Gasteiger partial charge is 0.334 e. The minimum atomic E-state index is -2.79. The van der Waals surface area contributed by atoms with Crippen molar-refractivity contribution in [2.24, 2.45) is 0 Å². The second-order valence-corrected chi connectivity index (χ2v) is 5.68. The normalized spacial score (nSPS) is 19.5. The van der Waals surface area contributed by atoms with Gasteiger partial charge in [0.2, 0.25) is 0 Å². The number of amides is 1. The SMILES string of the molecule is CN(C)CCC1CCCCN1C(=O)c1ccnn1C(F)F. The summed E-state index contributed by atoms with van der Waals surface area (Å²) in [5.74, 6) is -0.337. The number of rotatable bonds is 5. The quantitative estimate of drug-likeness (QED) is 0.837. The lowest BCUT2D eigenvalue weighted by molar-refractivity contribution is 0.0403. The zero-order chi connectivity index (χ0) is 15.4. The van der Waals surface area contributed by atoms with Crippen LogP contribution in [0.4, 0.5) is 8.78 Å². The monoisotopic (exact) mass is 300 g/mol. The lowest BCUT2D eigenvalue weighted by atomic mass is 9.98. The van der Waals surface area contributed by atoms with Gasteiger partial charge in [-0.15, -0.1) is 0 Å². The van der Waals surface area contributed by atoms with Crippen LogP contribution in [0.15, 0.2) is 12.3 Å². The molecule has 1 atom stereocenters. The smallest absolute Gasteiger partial charge is 0.333 e. The Kier molecular flexibility index (Phi) is 5.27. The van der Waals surface area contributed by atoms with Crippen LogP contribution in [0.1, 0.15) is 42.7 Å². The van der Waals surface area contributed by atoms with Crippen molar-refractivity contribution in [2.45, 2.75) is 38.3 Å². The van der Waals surface area contributed by atoms with E-state index in [-0.39, 0.29) is 17.6 Å². The zero-order valence-electron chi connectivity index (χ0n) is 12.5. The van der Waals surface area contributed by atoms with E-state index < -0.39 is 6.55 Å². The summed E-state index contributed by atoms with van der Waals surface area (Å²) in [6.45, 7) is -1.28. The summed E-state index contributed by atoms with van der Waals surface area (Å²) in [5, 5.41) is 3.54. The Balaban J connectivity index is 2.12. The number of hydrogen-bond acceptors (Lipinski definition) is 3. The van der Waals surface area contributed by atoms with Crippen molar-refractivity contribution >= 4 is 5.91 Å². The van der Waals surface area contributed by atoms with E-state index in [1.165, 1.54) is 12.3 Å². The fourth-order valence-electron chi connectivity index (χ4n) is 2.76. The topological polar surface area (TPSA) is 41.4 Å². The zero-order valence-corrected chi connectivity index (χ0v) is 12.5. The fourth-order valence-corrected chi connectivity index (χ4v) is 2.76. The Morgan fingerprint density at radius 1 is 1.48 bits per heavy atom. The first-order valence-electron chi connectivity index (χ1n) is 7.28. The van der Waals surface area contributed by atoms with Crippen LogP contribution in [0, 0.1) is 0 Å². The van der Waals surface area contributed by atoms with Crippen molar-refractivity contribution in [3.63, 3.8) is 0 Å². The van der Waals surface area contributed by atoms with E-state index in [0.717, 1.165) is 32.2 Å². The second-order valence-electron chi connectivity index (χ2n) is 5.68. The highest BCUT2D eigenvalue weighted by molar-refractivity contribution is 5.92. The molecule has 2 heterocycles. The van der Waals surface area contributed by atoms with Crippen molar-refractivity contribution in [3.05, 3.63) is 18.0 Å². The molecule has 2 rings (SSSR count). The number of alkyl halides is 2. The van der Waals surface area contributed by atoms with Gasteiger partial charge in [0, 0.05) is 18.8 Å². The first kappa shape index (κ1) is 15.9. The first-order valence-corrected chi connectivity index (χ1v) is 7.28. The molecule has 1 fully saturated rings. The molecule has 0 radical (unpaired) electrons. The Morgan fingerprint density at radius 2 is 2.24 bits per heavy atom. The highest BCUT2D eigenvalue weighted by Gasteiger charge is 2.30. The molecule has 1 saturated heterocycles. The summed E-state index contributed by atoms with van der Waals surface area (Å²) >= 11 is 0. The standard InChI is InChI=1S/C14H22F2N4O/c1-18(2)10-7-11-5-3-4-9-19(11)13(21)12-6-8-17-20(12)14(15)16/h6,8,11,14H,3-5,7,9-10H2,1-2H3. The maximum atomic E-state index is 12.9. The van der Waals surface area contributed by atoms with Gasteiger partial charge in [-0.3, -0.25) is 4.79 Å². The Hall–Kier alpha value is -1.50. The number of hydrogen-bond donors (Lipinski definition) is 0. The van der Waals surface area contributed by atoms with E-state index in [1.54, 1.807) is 4.90 Å². The third-order valence-corrected chi connectivity index (χ3v) is 3.87.